The minimum atomic E-state index is -0.613. The van der Waals surface area contributed by atoms with Crippen molar-refractivity contribution >= 4 is 5.91 Å². The van der Waals surface area contributed by atoms with Gasteiger partial charge in [0.25, 0.3) is 5.91 Å². The third-order valence-electron chi connectivity index (χ3n) is 2.68. The van der Waals surface area contributed by atoms with Gasteiger partial charge in [-0.25, -0.2) is 0 Å². The summed E-state index contributed by atoms with van der Waals surface area (Å²) in [7, 11) is 0. The molecule has 1 aromatic rings. The average Bonchev–Trinajstić information content (AvgIpc) is 2.63. The van der Waals surface area contributed by atoms with Crippen LogP contribution in [0, 0.1) is 0 Å². The molecule has 1 saturated carbocycles. The van der Waals surface area contributed by atoms with Gasteiger partial charge < -0.3 is 22.3 Å². The summed E-state index contributed by atoms with van der Waals surface area (Å²) in [5, 5.41) is 8.98. The Kier molecular flexibility index (Phi) is 4.93. The first-order valence-electron chi connectivity index (χ1n) is 5.59. The number of aromatic hydroxyl groups is 1. The van der Waals surface area contributed by atoms with Gasteiger partial charge in [-0.1, -0.05) is 12.1 Å². The smallest absolute Gasteiger partial charge is 0.252 e. The number of hydrogen-bond acceptors (Lipinski definition) is 4. The van der Waals surface area contributed by atoms with Crippen LogP contribution in [0.2, 0.25) is 0 Å². The fraction of sp³-hybridized carbons (Fsp3) is 0.417. The van der Waals surface area contributed by atoms with Crippen LogP contribution in [0.4, 0.5) is 0 Å². The van der Waals surface area contributed by atoms with Gasteiger partial charge in [-0.3, -0.25) is 4.79 Å². The van der Waals surface area contributed by atoms with Crippen molar-refractivity contribution in [2.45, 2.75) is 31.3 Å². The van der Waals surface area contributed by atoms with Crippen LogP contribution in [0.1, 0.15) is 29.6 Å². The Labute approximate surface area is 101 Å². The molecule has 2 rings (SSSR count). The summed E-state index contributed by atoms with van der Waals surface area (Å²) in [5.41, 5.74) is 16.2. The maximum Gasteiger partial charge on any atom is 0.252 e. The average molecular weight is 237 g/mol. The molecule has 7 N–H and O–H groups in total. The summed E-state index contributed by atoms with van der Waals surface area (Å²) in [6, 6.07) is 6.95. The van der Waals surface area contributed by atoms with E-state index in [2.05, 4.69) is 0 Å². The lowest BCUT2D eigenvalue weighted by Gasteiger charge is -1.97. The van der Waals surface area contributed by atoms with Gasteiger partial charge in [-0.15, -0.1) is 0 Å². The first-order valence-corrected chi connectivity index (χ1v) is 5.59. The zero-order valence-electron chi connectivity index (χ0n) is 9.67. The highest BCUT2D eigenvalue weighted by molar-refractivity contribution is 5.95. The van der Waals surface area contributed by atoms with E-state index in [0.717, 1.165) is 19.3 Å². The number of amides is 1. The highest BCUT2D eigenvalue weighted by Crippen LogP contribution is 2.14. The highest BCUT2D eigenvalue weighted by atomic mass is 16.3. The zero-order chi connectivity index (χ0) is 12.8. The van der Waals surface area contributed by atoms with Crippen molar-refractivity contribution in [2.24, 2.45) is 17.2 Å². The summed E-state index contributed by atoms with van der Waals surface area (Å²) in [4.78, 5) is 10.5. The number of hydrogen-bond donors (Lipinski definition) is 4. The highest BCUT2D eigenvalue weighted by Gasteiger charge is 2.16. The minimum absolute atomic E-state index is 0.0741. The van der Waals surface area contributed by atoms with E-state index in [-0.39, 0.29) is 11.3 Å². The summed E-state index contributed by atoms with van der Waals surface area (Å²) in [5.74, 6) is -0.687. The van der Waals surface area contributed by atoms with Gasteiger partial charge in [0.15, 0.2) is 0 Å². The maximum absolute atomic E-state index is 10.5. The Bertz CT molecular complexity index is 374. The topological polar surface area (TPSA) is 115 Å². The van der Waals surface area contributed by atoms with Crippen LogP contribution in [0.5, 0.6) is 5.75 Å². The molecule has 2 atom stereocenters. The van der Waals surface area contributed by atoms with Gasteiger partial charge in [0, 0.05) is 12.1 Å². The van der Waals surface area contributed by atoms with Crippen molar-refractivity contribution in [3.63, 3.8) is 0 Å². The Balaban J connectivity index is 0.000000181. The summed E-state index contributed by atoms with van der Waals surface area (Å²) in [6.07, 6.45) is 3.28. The SMILES string of the molecule is NC(=O)c1ccccc1O.N[C@@H]1CC[C@H](N)C1. The van der Waals surface area contributed by atoms with E-state index in [0.29, 0.717) is 12.1 Å². The molecule has 1 fully saturated rings. The summed E-state index contributed by atoms with van der Waals surface area (Å²) in [6.45, 7) is 0. The first-order chi connectivity index (χ1) is 8.00. The lowest BCUT2D eigenvalue weighted by atomic mass is 10.2. The van der Waals surface area contributed by atoms with Crippen LogP contribution in [0.15, 0.2) is 24.3 Å². The van der Waals surface area contributed by atoms with E-state index >= 15 is 0 Å². The molecule has 1 aromatic carbocycles. The molecule has 0 radical (unpaired) electrons. The quantitative estimate of drug-likeness (QED) is 0.562. The summed E-state index contributed by atoms with van der Waals surface area (Å²) >= 11 is 0. The fourth-order valence-corrected chi connectivity index (χ4v) is 1.73. The van der Waals surface area contributed by atoms with Gasteiger partial charge in [-0.05, 0) is 31.4 Å². The third-order valence-corrected chi connectivity index (χ3v) is 2.68. The Hall–Kier alpha value is -1.59. The maximum atomic E-state index is 10.5. The van der Waals surface area contributed by atoms with E-state index in [1.807, 2.05) is 0 Å². The van der Waals surface area contributed by atoms with E-state index in [1.54, 1.807) is 12.1 Å². The number of carbonyl (C=O) groups is 1. The van der Waals surface area contributed by atoms with E-state index in [1.165, 1.54) is 12.1 Å². The second kappa shape index (κ2) is 6.22. The van der Waals surface area contributed by atoms with Crippen molar-refractivity contribution in [3.8, 4) is 5.75 Å². The molecule has 1 aliphatic rings. The molecule has 0 spiro atoms. The standard InChI is InChI=1S/C7H7NO2.C5H12N2/c8-7(10)5-3-1-2-4-6(5)9;6-4-1-2-5(7)3-4/h1-4,9H,(H2,8,10);4-5H,1-3,6-7H2/t;4-,5+. The lowest BCUT2D eigenvalue weighted by Crippen LogP contribution is -2.20. The molecular weight excluding hydrogens is 218 g/mol. The van der Waals surface area contributed by atoms with Crippen molar-refractivity contribution in [1.29, 1.82) is 0 Å². The molecule has 0 heterocycles. The number of benzene rings is 1. The molecule has 1 amide bonds. The van der Waals surface area contributed by atoms with Crippen molar-refractivity contribution in [1.82, 2.24) is 0 Å². The molecule has 17 heavy (non-hydrogen) atoms. The molecule has 94 valence electrons. The monoisotopic (exact) mass is 237 g/mol. The molecule has 0 saturated heterocycles. The Morgan fingerprint density at radius 3 is 2.00 bits per heavy atom. The number of carbonyl (C=O) groups excluding carboxylic acids is 1. The third kappa shape index (κ3) is 4.42. The van der Waals surface area contributed by atoms with Gasteiger partial charge in [0.05, 0.1) is 5.56 Å². The lowest BCUT2D eigenvalue weighted by molar-refractivity contribution is 0.0998. The number of primary amides is 1. The number of para-hydroxylation sites is 1. The van der Waals surface area contributed by atoms with Crippen molar-refractivity contribution < 1.29 is 9.90 Å². The summed E-state index contributed by atoms with van der Waals surface area (Å²) < 4.78 is 0. The van der Waals surface area contributed by atoms with Gasteiger partial charge in [0.2, 0.25) is 0 Å². The van der Waals surface area contributed by atoms with Crippen LogP contribution >= 0.6 is 0 Å². The predicted molar refractivity (Wildman–Crippen MR) is 66.4 cm³/mol. The van der Waals surface area contributed by atoms with Crippen molar-refractivity contribution in [2.75, 3.05) is 0 Å². The van der Waals surface area contributed by atoms with E-state index in [9.17, 15) is 4.79 Å². The number of nitrogens with two attached hydrogens (primary N) is 3. The Morgan fingerprint density at radius 1 is 1.18 bits per heavy atom. The Morgan fingerprint density at radius 2 is 1.71 bits per heavy atom. The van der Waals surface area contributed by atoms with E-state index < -0.39 is 5.91 Å². The fourth-order valence-electron chi connectivity index (χ4n) is 1.73. The molecule has 0 bridgehead atoms. The van der Waals surface area contributed by atoms with Gasteiger partial charge in [-0.2, -0.15) is 0 Å². The molecule has 1 aliphatic carbocycles. The molecule has 0 unspecified atom stereocenters. The molecular formula is C12H19N3O2. The normalized spacial score (nSPS) is 22.7. The largest absolute Gasteiger partial charge is 0.507 e. The van der Waals surface area contributed by atoms with Crippen LogP contribution in [-0.4, -0.2) is 23.1 Å². The molecule has 5 heteroatoms. The van der Waals surface area contributed by atoms with Gasteiger partial charge in [0.1, 0.15) is 5.75 Å². The molecule has 0 aromatic heterocycles. The predicted octanol–water partition coefficient (Wildman–Crippen LogP) is 0.316. The van der Waals surface area contributed by atoms with Crippen LogP contribution in [0.3, 0.4) is 0 Å². The van der Waals surface area contributed by atoms with Gasteiger partial charge >= 0.3 is 0 Å². The zero-order valence-corrected chi connectivity index (χ0v) is 9.67. The van der Waals surface area contributed by atoms with Crippen LogP contribution in [0.25, 0.3) is 0 Å². The number of phenols is 1. The molecule has 0 aliphatic heterocycles. The van der Waals surface area contributed by atoms with Crippen LogP contribution < -0.4 is 17.2 Å². The second-order valence-corrected chi connectivity index (χ2v) is 4.21. The van der Waals surface area contributed by atoms with Crippen molar-refractivity contribution in [3.05, 3.63) is 29.8 Å². The van der Waals surface area contributed by atoms with Crippen LogP contribution in [-0.2, 0) is 0 Å². The second-order valence-electron chi connectivity index (χ2n) is 4.21. The molecule has 5 nitrogen and oxygen atoms in total. The number of rotatable bonds is 1. The minimum Gasteiger partial charge on any atom is -0.507 e. The van der Waals surface area contributed by atoms with E-state index in [4.69, 9.17) is 22.3 Å². The first kappa shape index (κ1) is 13.5.